The van der Waals surface area contributed by atoms with Crippen molar-refractivity contribution in [1.29, 1.82) is 0 Å². The van der Waals surface area contributed by atoms with E-state index in [1.165, 1.54) is 12.3 Å². The van der Waals surface area contributed by atoms with Crippen LogP contribution < -0.4 is 5.32 Å². The van der Waals surface area contributed by atoms with Crippen LogP contribution in [0, 0.1) is 11.0 Å². The number of carbonyl (C=O) groups excluding carboxylic acids is 1. The molecule has 6 nitrogen and oxygen atoms in total. The third kappa shape index (κ3) is 4.53. The fourth-order valence-electron chi connectivity index (χ4n) is 2.90. The molecule has 138 valence electrons. The number of carbonyl (C=O) groups is 1. The van der Waals surface area contributed by atoms with Crippen molar-refractivity contribution < 1.29 is 17.6 Å². The van der Waals surface area contributed by atoms with Gasteiger partial charge in [0, 0.05) is 23.6 Å². The van der Waals surface area contributed by atoms with Crippen LogP contribution in [0.3, 0.4) is 0 Å². The highest BCUT2D eigenvalue weighted by Crippen LogP contribution is 2.30. The summed E-state index contributed by atoms with van der Waals surface area (Å²) in [6.45, 7) is 0. The van der Waals surface area contributed by atoms with E-state index in [4.69, 9.17) is 0 Å². The topological polar surface area (TPSA) is 89.0 Å². The van der Waals surface area contributed by atoms with Crippen LogP contribution in [0.2, 0.25) is 0 Å². The summed E-state index contributed by atoms with van der Waals surface area (Å²) in [5.74, 6) is -0.140. The molecule has 1 fully saturated rings. The second kappa shape index (κ2) is 7.63. The molecule has 1 aliphatic carbocycles. The lowest BCUT2D eigenvalue weighted by atomic mass is 9.99. The Bertz CT molecular complexity index is 930. The largest absolute Gasteiger partial charge is 0.298 e. The lowest BCUT2D eigenvalue weighted by Gasteiger charge is -2.11. The Morgan fingerprint density at radius 1 is 1.27 bits per heavy atom. The minimum atomic E-state index is -3.41. The molecular weight excluding hydrogens is 377 g/mol. The number of anilines is 1. The van der Waals surface area contributed by atoms with Crippen molar-refractivity contribution in [2.24, 2.45) is 5.92 Å². The maximum atomic E-state index is 13.1. The second-order valence-corrected chi connectivity index (χ2v) is 9.15. The molecule has 0 aliphatic heterocycles. The van der Waals surface area contributed by atoms with Gasteiger partial charge in [-0.25, -0.2) is 18.4 Å². The number of pyridine rings is 1. The van der Waals surface area contributed by atoms with Gasteiger partial charge in [-0.3, -0.25) is 10.1 Å². The molecular formula is C17H18FN3O3S2. The monoisotopic (exact) mass is 395 g/mol. The highest BCUT2D eigenvalue weighted by atomic mass is 32.2. The first kappa shape index (κ1) is 18.7. The quantitative estimate of drug-likeness (QED) is 0.785. The van der Waals surface area contributed by atoms with E-state index in [9.17, 15) is 17.6 Å². The van der Waals surface area contributed by atoms with Crippen molar-refractivity contribution in [1.82, 2.24) is 9.97 Å². The van der Waals surface area contributed by atoms with Gasteiger partial charge in [0.05, 0.1) is 6.20 Å². The van der Waals surface area contributed by atoms with E-state index in [2.05, 4.69) is 15.3 Å². The zero-order chi connectivity index (χ0) is 18.7. The average Bonchev–Trinajstić information content (AvgIpc) is 3.23. The van der Waals surface area contributed by atoms with E-state index in [0.717, 1.165) is 49.5 Å². The summed E-state index contributed by atoms with van der Waals surface area (Å²) in [6, 6.07) is 2.94. The van der Waals surface area contributed by atoms with Crippen molar-refractivity contribution in [2.75, 3.05) is 11.6 Å². The molecule has 0 atom stereocenters. The molecule has 2 aromatic heterocycles. The Kier molecular flexibility index (Phi) is 5.47. The van der Waals surface area contributed by atoms with Crippen molar-refractivity contribution in [3.05, 3.63) is 41.3 Å². The van der Waals surface area contributed by atoms with Gasteiger partial charge in [0.2, 0.25) is 0 Å². The maximum Gasteiger partial charge on any atom is 0.257 e. The number of allylic oxidation sites excluding steroid dienone is 1. The van der Waals surface area contributed by atoms with E-state index in [1.807, 2.05) is 6.08 Å². The first-order chi connectivity index (χ1) is 12.3. The number of halogens is 1. The number of hydrogen-bond acceptors (Lipinski definition) is 6. The van der Waals surface area contributed by atoms with Gasteiger partial charge < -0.3 is 0 Å². The molecule has 2 heterocycles. The number of nitrogens with one attached hydrogen (secondary N) is 1. The lowest BCUT2D eigenvalue weighted by Crippen LogP contribution is -2.15. The number of nitrogens with zero attached hydrogens (tertiary/aromatic N) is 2. The van der Waals surface area contributed by atoms with Gasteiger partial charge in [-0.15, -0.1) is 0 Å². The molecule has 0 unspecified atom stereocenters. The van der Waals surface area contributed by atoms with Crippen molar-refractivity contribution in [2.45, 2.75) is 30.7 Å². The van der Waals surface area contributed by atoms with E-state index in [0.29, 0.717) is 11.1 Å². The van der Waals surface area contributed by atoms with Gasteiger partial charge in [-0.2, -0.15) is 4.39 Å². The molecule has 1 N–H and O–H groups in total. The number of aromatic nitrogens is 2. The van der Waals surface area contributed by atoms with Crippen molar-refractivity contribution >= 4 is 37.8 Å². The summed E-state index contributed by atoms with van der Waals surface area (Å²) in [6.07, 6.45) is 9.60. The minimum absolute atomic E-state index is 0.0520. The molecule has 0 aromatic carbocycles. The van der Waals surface area contributed by atoms with Gasteiger partial charge in [-0.05, 0) is 30.9 Å². The third-order valence-electron chi connectivity index (χ3n) is 4.17. The zero-order valence-electron chi connectivity index (χ0n) is 14.1. The van der Waals surface area contributed by atoms with Crippen LogP contribution in [-0.4, -0.2) is 30.5 Å². The van der Waals surface area contributed by atoms with Crippen LogP contribution >= 0.6 is 11.3 Å². The Morgan fingerprint density at radius 2 is 2.00 bits per heavy atom. The van der Waals surface area contributed by atoms with E-state index >= 15 is 0 Å². The van der Waals surface area contributed by atoms with E-state index in [-0.39, 0.29) is 16.1 Å². The van der Waals surface area contributed by atoms with Crippen LogP contribution in [0.1, 0.15) is 31.2 Å². The van der Waals surface area contributed by atoms with Crippen LogP contribution in [0.4, 0.5) is 9.52 Å². The summed E-state index contributed by atoms with van der Waals surface area (Å²) >= 11 is 0.745. The fourth-order valence-corrected chi connectivity index (χ4v) is 4.00. The zero-order valence-corrected chi connectivity index (χ0v) is 15.7. The number of sulfone groups is 1. The van der Waals surface area contributed by atoms with Crippen LogP contribution in [0.25, 0.3) is 5.57 Å². The lowest BCUT2D eigenvalue weighted by molar-refractivity contribution is -0.111. The molecule has 0 bridgehead atoms. The van der Waals surface area contributed by atoms with Crippen molar-refractivity contribution in [3.8, 4) is 0 Å². The Hall–Kier alpha value is -2.13. The highest BCUT2D eigenvalue weighted by Gasteiger charge is 2.20. The second-order valence-electron chi connectivity index (χ2n) is 6.21. The van der Waals surface area contributed by atoms with Gasteiger partial charge >= 0.3 is 0 Å². The predicted molar refractivity (Wildman–Crippen MR) is 98.0 cm³/mol. The Labute approximate surface area is 155 Å². The molecule has 2 aromatic rings. The van der Waals surface area contributed by atoms with E-state index < -0.39 is 20.9 Å². The normalized spacial score (nSPS) is 16.0. The molecule has 0 spiro atoms. The summed E-state index contributed by atoms with van der Waals surface area (Å²) in [4.78, 5) is 20.5. The first-order valence-electron chi connectivity index (χ1n) is 8.14. The number of hydrogen-bond donors (Lipinski definition) is 1. The highest BCUT2D eigenvalue weighted by molar-refractivity contribution is 7.90. The van der Waals surface area contributed by atoms with E-state index in [1.54, 1.807) is 6.07 Å². The molecule has 26 heavy (non-hydrogen) atoms. The molecule has 0 radical (unpaired) electrons. The maximum absolute atomic E-state index is 13.1. The first-order valence-corrected chi connectivity index (χ1v) is 10.8. The standard InChI is InChI=1S/C17H18FN3O3S2/c1-26(23,24)15-7-6-12(9-19-15)13(8-11-4-2-3-5-11)16(22)21-17-20-10-14(18)25-17/h6-11H,2-5H2,1H3,(H,20,21,22). The van der Waals surface area contributed by atoms with Crippen molar-refractivity contribution in [3.63, 3.8) is 0 Å². The van der Waals surface area contributed by atoms with Crippen LogP contribution in [0.15, 0.2) is 35.6 Å². The van der Waals surface area contributed by atoms with Gasteiger partial charge in [-0.1, -0.05) is 30.3 Å². The van der Waals surface area contributed by atoms with Gasteiger partial charge in [0.1, 0.15) is 0 Å². The summed E-state index contributed by atoms with van der Waals surface area (Å²) in [5, 5.41) is 2.23. The summed E-state index contributed by atoms with van der Waals surface area (Å²) in [5.41, 5.74) is 0.902. The molecule has 9 heteroatoms. The smallest absolute Gasteiger partial charge is 0.257 e. The molecule has 1 aliphatic rings. The Balaban J connectivity index is 1.91. The molecule has 0 saturated heterocycles. The number of amides is 1. The predicted octanol–water partition coefficient (Wildman–Crippen LogP) is 3.29. The molecule has 1 saturated carbocycles. The molecule has 3 rings (SSSR count). The van der Waals surface area contributed by atoms with Gasteiger partial charge in [0.15, 0.2) is 25.1 Å². The van der Waals surface area contributed by atoms with Crippen LogP contribution in [0.5, 0.6) is 0 Å². The summed E-state index contributed by atoms with van der Waals surface area (Å²) < 4.78 is 36.3. The molecule has 1 amide bonds. The minimum Gasteiger partial charge on any atom is -0.298 e. The average molecular weight is 395 g/mol. The number of thiazole rings is 1. The van der Waals surface area contributed by atoms with Gasteiger partial charge in [0.25, 0.3) is 5.91 Å². The third-order valence-corrected chi connectivity index (χ3v) is 5.87. The SMILES string of the molecule is CS(=O)(=O)c1ccc(C(=CC2CCCC2)C(=O)Nc2ncc(F)s2)cn1. The summed E-state index contributed by atoms with van der Waals surface area (Å²) in [7, 11) is -3.41. The number of rotatable bonds is 5. The van der Waals surface area contributed by atoms with Crippen LogP contribution in [-0.2, 0) is 14.6 Å². The fraction of sp³-hybridized carbons (Fsp3) is 0.353. The Morgan fingerprint density at radius 3 is 2.54 bits per heavy atom.